The van der Waals surface area contributed by atoms with Crippen molar-refractivity contribution in [3.8, 4) is 5.75 Å². The van der Waals surface area contributed by atoms with E-state index >= 15 is 0 Å². The molecule has 112 valence electrons. The lowest BCUT2D eigenvalue weighted by Crippen LogP contribution is -2.43. The second-order valence-electron chi connectivity index (χ2n) is 6.15. The van der Waals surface area contributed by atoms with E-state index in [2.05, 4.69) is 43.4 Å². The average Bonchev–Trinajstić information content (AvgIpc) is 2.48. The van der Waals surface area contributed by atoms with Gasteiger partial charge in [-0.15, -0.1) is 0 Å². The third-order valence-electron chi connectivity index (χ3n) is 4.17. The summed E-state index contributed by atoms with van der Waals surface area (Å²) in [6.45, 7) is 8.30. The van der Waals surface area contributed by atoms with Crippen LogP contribution in [0.4, 0.5) is 0 Å². The van der Waals surface area contributed by atoms with E-state index in [0.717, 1.165) is 44.9 Å². The summed E-state index contributed by atoms with van der Waals surface area (Å²) < 4.78 is 10.8. The fraction of sp³-hybridized carbons (Fsp3) is 0.647. The van der Waals surface area contributed by atoms with Gasteiger partial charge in [-0.3, -0.25) is 0 Å². The number of rotatable bonds is 6. The lowest BCUT2D eigenvalue weighted by atomic mass is 9.74. The highest BCUT2D eigenvalue weighted by molar-refractivity contribution is 5.33. The van der Waals surface area contributed by atoms with Gasteiger partial charge in [0.1, 0.15) is 5.75 Å². The van der Waals surface area contributed by atoms with Crippen molar-refractivity contribution in [1.29, 1.82) is 0 Å². The van der Waals surface area contributed by atoms with Crippen LogP contribution in [0.3, 0.4) is 0 Å². The van der Waals surface area contributed by atoms with Crippen LogP contribution >= 0.6 is 0 Å². The topological polar surface area (TPSA) is 30.5 Å². The van der Waals surface area contributed by atoms with Crippen molar-refractivity contribution in [3.63, 3.8) is 0 Å². The van der Waals surface area contributed by atoms with Gasteiger partial charge in [-0.05, 0) is 43.0 Å². The fourth-order valence-corrected chi connectivity index (χ4v) is 2.87. The van der Waals surface area contributed by atoms with Gasteiger partial charge in [-0.2, -0.15) is 0 Å². The van der Waals surface area contributed by atoms with Crippen molar-refractivity contribution in [1.82, 2.24) is 5.32 Å². The van der Waals surface area contributed by atoms with Gasteiger partial charge >= 0.3 is 0 Å². The van der Waals surface area contributed by atoms with Crippen LogP contribution in [-0.4, -0.2) is 33.4 Å². The maximum atomic E-state index is 5.57. The van der Waals surface area contributed by atoms with E-state index in [1.807, 2.05) is 0 Å². The molecule has 2 rings (SSSR count). The molecule has 0 spiro atoms. The molecule has 0 aromatic heterocycles. The number of benzene rings is 1. The van der Waals surface area contributed by atoms with Crippen LogP contribution in [0.5, 0.6) is 5.75 Å². The molecule has 0 aliphatic carbocycles. The minimum atomic E-state index is 0.208. The molecular formula is C17H27NO2. The van der Waals surface area contributed by atoms with Gasteiger partial charge < -0.3 is 14.8 Å². The summed E-state index contributed by atoms with van der Waals surface area (Å²) in [4.78, 5) is 0. The van der Waals surface area contributed by atoms with Gasteiger partial charge in [0, 0.05) is 25.2 Å². The molecule has 0 saturated carbocycles. The van der Waals surface area contributed by atoms with Gasteiger partial charge in [0.25, 0.3) is 0 Å². The standard InChI is InChI=1S/C17H27NO2/c1-14(2)12-18-13-17(8-10-20-11-9-17)15-4-6-16(19-3)7-5-15/h4-7,14,18H,8-13H2,1-3H3. The summed E-state index contributed by atoms with van der Waals surface area (Å²) in [6, 6.07) is 8.55. The maximum Gasteiger partial charge on any atom is 0.118 e. The molecule has 1 saturated heterocycles. The monoisotopic (exact) mass is 277 g/mol. The Morgan fingerprint density at radius 3 is 2.40 bits per heavy atom. The first kappa shape index (κ1) is 15.3. The Bertz CT molecular complexity index is 394. The van der Waals surface area contributed by atoms with E-state index < -0.39 is 0 Å². The first-order valence-corrected chi connectivity index (χ1v) is 7.59. The lowest BCUT2D eigenvalue weighted by molar-refractivity contribution is 0.0497. The minimum Gasteiger partial charge on any atom is -0.497 e. The second kappa shape index (κ2) is 7.09. The van der Waals surface area contributed by atoms with E-state index in [1.165, 1.54) is 5.56 Å². The molecule has 1 aromatic rings. The molecule has 1 aliphatic heterocycles. The highest BCUT2D eigenvalue weighted by Crippen LogP contribution is 2.35. The van der Waals surface area contributed by atoms with Gasteiger partial charge in [-0.25, -0.2) is 0 Å². The Balaban J connectivity index is 2.12. The van der Waals surface area contributed by atoms with Crippen LogP contribution in [0.1, 0.15) is 32.3 Å². The molecule has 1 heterocycles. The molecule has 1 fully saturated rings. The predicted octanol–water partition coefficient (Wildman–Crippen LogP) is 2.99. The molecule has 0 radical (unpaired) electrons. The Hall–Kier alpha value is -1.06. The zero-order valence-corrected chi connectivity index (χ0v) is 12.9. The summed E-state index contributed by atoms with van der Waals surface area (Å²) in [5.74, 6) is 1.61. The van der Waals surface area contributed by atoms with E-state index in [9.17, 15) is 0 Å². The highest BCUT2D eigenvalue weighted by atomic mass is 16.5. The SMILES string of the molecule is COc1ccc(C2(CNCC(C)C)CCOCC2)cc1. The summed E-state index contributed by atoms with van der Waals surface area (Å²) >= 11 is 0. The molecular weight excluding hydrogens is 250 g/mol. The summed E-state index contributed by atoms with van der Waals surface area (Å²) in [5.41, 5.74) is 1.61. The Labute approximate surface area is 122 Å². The van der Waals surface area contributed by atoms with Gasteiger partial charge in [0.15, 0.2) is 0 Å². The minimum absolute atomic E-state index is 0.208. The quantitative estimate of drug-likeness (QED) is 0.867. The zero-order chi connectivity index (χ0) is 14.4. The zero-order valence-electron chi connectivity index (χ0n) is 12.9. The normalized spacial score (nSPS) is 18.2. The molecule has 20 heavy (non-hydrogen) atoms. The molecule has 3 nitrogen and oxygen atoms in total. The average molecular weight is 277 g/mol. The maximum absolute atomic E-state index is 5.57. The molecule has 0 amide bonds. The first-order valence-electron chi connectivity index (χ1n) is 7.59. The van der Waals surface area contributed by atoms with E-state index in [0.29, 0.717) is 5.92 Å². The van der Waals surface area contributed by atoms with Gasteiger partial charge in [0.05, 0.1) is 7.11 Å². The molecule has 0 bridgehead atoms. The van der Waals surface area contributed by atoms with E-state index in [-0.39, 0.29) is 5.41 Å². The number of hydrogen-bond donors (Lipinski definition) is 1. The molecule has 3 heteroatoms. The molecule has 0 unspecified atom stereocenters. The Kier molecular flexibility index (Phi) is 5.44. The van der Waals surface area contributed by atoms with Crippen LogP contribution in [0.25, 0.3) is 0 Å². The van der Waals surface area contributed by atoms with Crippen LogP contribution in [0.2, 0.25) is 0 Å². The van der Waals surface area contributed by atoms with Crippen LogP contribution in [0, 0.1) is 5.92 Å². The third-order valence-corrected chi connectivity index (χ3v) is 4.17. The number of hydrogen-bond acceptors (Lipinski definition) is 3. The van der Waals surface area contributed by atoms with Crippen molar-refractivity contribution < 1.29 is 9.47 Å². The van der Waals surface area contributed by atoms with Crippen molar-refractivity contribution in [2.75, 3.05) is 33.4 Å². The predicted molar refractivity (Wildman–Crippen MR) is 82.4 cm³/mol. The van der Waals surface area contributed by atoms with E-state index in [4.69, 9.17) is 9.47 Å². The van der Waals surface area contributed by atoms with Crippen LogP contribution < -0.4 is 10.1 Å². The third kappa shape index (κ3) is 3.74. The van der Waals surface area contributed by atoms with Gasteiger partial charge in [0.2, 0.25) is 0 Å². The fourth-order valence-electron chi connectivity index (χ4n) is 2.87. The van der Waals surface area contributed by atoms with Crippen molar-refractivity contribution in [2.45, 2.75) is 32.1 Å². The molecule has 1 N–H and O–H groups in total. The second-order valence-corrected chi connectivity index (χ2v) is 6.15. The number of nitrogens with one attached hydrogen (secondary N) is 1. The first-order chi connectivity index (χ1) is 9.66. The molecule has 1 aromatic carbocycles. The summed E-state index contributed by atoms with van der Waals surface area (Å²) in [5, 5.41) is 3.64. The Morgan fingerprint density at radius 1 is 1.20 bits per heavy atom. The Morgan fingerprint density at radius 2 is 1.85 bits per heavy atom. The number of methoxy groups -OCH3 is 1. The molecule has 1 aliphatic rings. The smallest absolute Gasteiger partial charge is 0.118 e. The van der Waals surface area contributed by atoms with Crippen LogP contribution in [-0.2, 0) is 10.2 Å². The van der Waals surface area contributed by atoms with Crippen molar-refractivity contribution in [3.05, 3.63) is 29.8 Å². The molecule has 0 atom stereocenters. The highest BCUT2D eigenvalue weighted by Gasteiger charge is 2.34. The van der Waals surface area contributed by atoms with Crippen LogP contribution in [0.15, 0.2) is 24.3 Å². The number of ether oxygens (including phenoxy) is 2. The van der Waals surface area contributed by atoms with E-state index in [1.54, 1.807) is 7.11 Å². The van der Waals surface area contributed by atoms with Crippen molar-refractivity contribution >= 4 is 0 Å². The summed E-state index contributed by atoms with van der Waals surface area (Å²) in [7, 11) is 1.71. The largest absolute Gasteiger partial charge is 0.497 e. The van der Waals surface area contributed by atoms with Crippen molar-refractivity contribution in [2.24, 2.45) is 5.92 Å². The lowest BCUT2D eigenvalue weighted by Gasteiger charge is -2.38. The summed E-state index contributed by atoms with van der Waals surface area (Å²) in [6.07, 6.45) is 2.18. The van der Waals surface area contributed by atoms with Gasteiger partial charge in [-0.1, -0.05) is 26.0 Å².